The van der Waals surface area contributed by atoms with Crippen LogP contribution in [0.1, 0.15) is 44.7 Å². The van der Waals surface area contributed by atoms with Gasteiger partial charge >= 0.3 is 0 Å². The summed E-state index contributed by atoms with van der Waals surface area (Å²) in [5.41, 5.74) is 3.11. The highest BCUT2D eigenvalue weighted by Crippen LogP contribution is 2.27. The van der Waals surface area contributed by atoms with Gasteiger partial charge in [0.25, 0.3) is 0 Å². The van der Waals surface area contributed by atoms with E-state index in [1.165, 1.54) is 5.56 Å². The Morgan fingerprint density at radius 2 is 2.04 bits per heavy atom. The monoisotopic (exact) mass is 316 g/mol. The minimum atomic E-state index is -0.146. The molecule has 0 aliphatic carbocycles. The molecule has 23 heavy (non-hydrogen) atoms. The molecular weight excluding hydrogens is 288 g/mol. The molecule has 1 saturated heterocycles. The molecule has 1 fully saturated rings. The van der Waals surface area contributed by atoms with Gasteiger partial charge in [0.05, 0.1) is 5.92 Å². The Labute approximate surface area is 139 Å². The highest BCUT2D eigenvalue weighted by Gasteiger charge is 2.37. The largest absolute Gasteiger partial charge is 0.339 e. The Morgan fingerprint density at radius 3 is 2.65 bits per heavy atom. The molecule has 126 valence electrons. The van der Waals surface area contributed by atoms with Crippen molar-refractivity contribution >= 4 is 17.5 Å². The van der Waals surface area contributed by atoms with E-state index in [0.29, 0.717) is 25.3 Å². The lowest BCUT2D eigenvalue weighted by molar-refractivity contribution is -0.141. The molecule has 0 bridgehead atoms. The van der Waals surface area contributed by atoms with Crippen molar-refractivity contribution in [3.05, 3.63) is 29.3 Å². The van der Waals surface area contributed by atoms with E-state index in [2.05, 4.69) is 25.2 Å². The molecule has 0 radical (unpaired) electrons. The van der Waals surface area contributed by atoms with Crippen molar-refractivity contribution < 1.29 is 9.59 Å². The molecule has 0 unspecified atom stereocenters. The van der Waals surface area contributed by atoms with Gasteiger partial charge in [-0.05, 0) is 44.7 Å². The number of rotatable bonds is 4. The molecule has 0 aromatic heterocycles. The Bertz CT molecular complexity index is 595. The lowest BCUT2D eigenvalue weighted by atomic mass is 9.88. The van der Waals surface area contributed by atoms with Crippen molar-refractivity contribution in [2.75, 3.05) is 11.9 Å². The van der Waals surface area contributed by atoms with Crippen LogP contribution in [0.15, 0.2) is 18.2 Å². The maximum Gasteiger partial charge on any atom is 0.229 e. The smallest absolute Gasteiger partial charge is 0.229 e. The quantitative estimate of drug-likeness (QED) is 0.924. The average molecular weight is 316 g/mol. The number of carbonyl (C=O) groups is 2. The Balaban J connectivity index is 2.10. The van der Waals surface area contributed by atoms with Crippen LogP contribution in [-0.2, 0) is 9.59 Å². The van der Waals surface area contributed by atoms with Crippen LogP contribution in [0.2, 0.25) is 0 Å². The summed E-state index contributed by atoms with van der Waals surface area (Å²) in [7, 11) is 0. The van der Waals surface area contributed by atoms with E-state index in [1.54, 1.807) is 0 Å². The Morgan fingerprint density at radius 1 is 1.35 bits per heavy atom. The standard InChI is InChI=1S/C19H28N2O2/c1-12(2)11-21-15(5)16(7-9-18(21)22)19(23)20-17-8-6-13(3)10-14(17)4/h6,8,10,12,15-16H,7,9,11H2,1-5H3,(H,20,23)/t15-,16-/m1/s1. The summed E-state index contributed by atoms with van der Waals surface area (Å²) < 4.78 is 0. The number of likely N-dealkylation sites (tertiary alicyclic amines) is 1. The second kappa shape index (κ2) is 7.16. The fourth-order valence-corrected chi connectivity index (χ4v) is 3.30. The second-order valence-corrected chi connectivity index (χ2v) is 7.13. The van der Waals surface area contributed by atoms with Gasteiger partial charge in [0.2, 0.25) is 11.8 Å². The van der Waals surface area contributed by atoms with E-state index in [-0.39, 0.29) is 23.8 Å². The van der Waals surface area contributed by atoms with Gasteiger partial charge in [-0.15, -0.1) is 0 Å². The van der Waals surface area contributed by atoms with Crippen LogP contribution in [0.4, 0.5) is 5.69 Å². The lowest BCUT2D eigenvalue weighted by Crippen LogP contribution is -2.51. The highest BCUT2D eigenvalue weighted by molar-refractivity contribution is 5.95. The van der Waals surface area contributed by atoms with E-state index in [0.717, 1.165) is 11.3 Å². The number of hydrogen-bond acceptors (Lipinski definition) is 2. The number of nitrogens with zero attached hydrogens (tertiary/aromatic N) is 1. The Kier molecular flexibility index (Phi) is 5.45. The number of carbonyl (C=O) groups excluding carboxylic acids is 2. The Hall–Kier alpha value is -1.84. The van der Waals surface area contributed by atoms with Crippen molar-refractivity contribution in [2.24, 2.45) is 11.8 Å². The number of anilines is 1. The van der Waals surface area contributed by atoms with Gasteiger partial charge in [0.15, 0.2) is 0 Å². The molecule has 1 aliphatic rings. The van der Waals surface area contributed by atoms with Gasteiger partial charge in [-0.1, -0.05) is 31.5 Å². The number of nitrogens with one attached hydrogen (secondary N) is 1. The molecule has 2 amide bonds. The molecule has 0 spiro atoms. The van der Waals surface area contributed by atoms with Crippen LogP contribution in [-0.4, -0.2) is 29.3 Å². The van der Waals surface area contributed by atoms with Gasteiger partial charge in [-0.2, -0.15) is 0 Å². The molecule has 1 heterocycles. The van der Waals surface area contributed by atoms with E-state index in [9.17, 15) is 9.59 Å². The molecule has 1 aromatic carbocycles. The van der Waals surface area contributed by atoms with Crippen LogP contribution >= 0.6 is 0 Å². The third-order valence-corrected chi connectivity index (χ3v) is 4.60. The zero-order chi connectivity index (χ0) is 17.1. The van der Waals surface area contributed by atoms with E-state index < -0.39 is 0 Å². The summed E-state index contributed by atoms with van der Waals surface area (Å²) in [5.74, 6) is 0.446. The molecule has 1 N–H and O–H groups in total. The van der Waals surface area contributed by atoms with Crippen LogP contribution < -0.4 is 5.32 Å². The molecular formula is C19H28N2O2. The van der Waals surface area contributed by atoms with Crippen molar-refractivity contribution in [3.8, 4) is 0 Å². The first kappa shape index (κ1) is 17.5. The molecule has 4 nitrogen and oxygen atoms in total. The fourth-order valence-electron chi connectivity index (χ4n) is 3.30. The minimum Gasteiger partial charge on any atom is -0.339 e. The summed E-state index contributed by atoms with van der Waals surface area (Å²) >= 11 is 0. The number of amides is 2. The van der Waals surface area contributed by atoms with Gasteiger partial charge in [-0.25, -0.2) is 0 Å². The molecule has 1 aromatic rings. The van der Waals surface area contributed by atoms with E-state index in [4.69, 9.17) is 0 Å². The summed E-state index contributed by atoms with van der Waals surface area (Å²) in [6.45, 7) is 10.9. The first-order valence-electron chi connectivity index (χ1n) is 8.47. The topological polar surface area (TPSA) is 49.4 Å². The van der Waals surface area contributed by atoms with Gasteiger partial charge in [0.1, 0.15) is 0 Å². The highest BCUT2D eigenvalue weighted by atomic mass is 16.2. The molecule has 1 aliphatic heterocycles. The van der Waals surface area contributed by atoms with Crippen molar-refractivity contribution in [1.29, 1.82) is 0 Å². The second-order valence-electron chi connectivity index (χ2n) is 7.13. The van der Waals surface area contributed by atoms with Crippen molar-refractivity contribution in [1.82, 2.24) is 4.90 Å². The van der Waals surface area contributed by atoms with E-state index in [1.807, 2.05) is 37.8 Å². The number of benzene rings is 1. The van der Waals surface area contributed by atoms with Gasteiger partial charge in [-0.3, -0.25) is 9.59 Å². The zero-order valence-corrected chi connectivity index (χ0v) is 14.8. The van der Waals surface area contributed by atoms with Crippen LogP contribution in [0.25, 0.3) is 0 Å². The summed E-state index contributed by atoms with van der Waals surface area (Å²) in [6, 6.07) is 5.97. The average Bonchev–Trinajstić information content (AvgIpc) is 2.46. The van der Waals surface area contributed by atoms with E-state index >= 15 is 0 Å². The predicted molar refractivity (Wildman–Crippen MR) is 93.3 cm³/mol. The molecule has 2 rings (SSSR count). The summed E-state index contributed by atoms with van der Waals surface area (Å²) in [4.78, 5) is 26.7. The normalized spacial score (nSPS) is 21.7. The lowest BCUT2D eigenvalue weighted by Gasteiger charge is -2.39. The van der Waals surface area contributed by atoms with Crippen LogP contribution in [0, 0.1) is 25.7 Å². The first-order valence-corrected chi connectivity index (χ1v) is 8.47. The maximum atomic E-state index is 12.7. The number of hydrogen-bond donors (Lipinski definition) is 1. The molecule has 0 saturated carbocycles. The third kappa shape index (κ3) is 4.12. The molecule has 2 atom stereocenters. The summed E-state index contributed by atoms with van der Waals surface area (Å²) in [5, 5.41) is 3.05. The summed E-state index contributed by atoms with van der Waals surface area (Å²) in [6.07, 6.45) is 1.09. The first-order chi connectivity index (χ1) is 10.8. The third-order valence-electron chi connectivity index (χ3n) is 4.60. The van der Waals surface area contributed by atoms with Gasteiger partial charge < -0.3 is 10.2 Å². The van der Waals surface area contributed by atoms with Crippen molar-refractivity contribution in [3.63, 3.8) is 0 Å². The maximum absolute atomic E-state index is 12.7. The van der Waals surface area contributed by atoms with Crippen molar-refractivity contribution in [2.45, 2.75) is 53.5 Å². The van der Waals surface area contributed by atoms with Gasteiger partial charge in [0, 0.05) is 24.7 Å². The number of aryl methyl sites for hydroxylation is 2. The number of piperidine rings is 1. The SMILES string of the molecule is Cc1ccc(NC(=O)[C@@H]2CCC(=O)N(CC(C)C)[C@@H]2C)c(C)c1. The van der Waals surface area contributed by atoms with Crippen LogP contribution in [0.3, 0.4) is 0 Å². The molecule has 4 heteroatoms. The fraction of sp³-hybridized carbons (Fsp3) is 0.579. The minimum absolute atomic E-state index is 0.0192. The predicted octanol–water partition coefficient (Wildman–Crippen LogP) is 3.53. The zero-order valence-electron chi connectivity index (χ0n) is 14.8. The van der Waals surface area contributed by atoms with Crippen LogP contribution in [0.5, 0.6) is 0 Å².